The number of nitrogens with zero attached hydrogens (tertiary/aromatic N) is 2. The van der Waals surface area contributed by atoms with Gasteiger partial charge in [0.25, 0.3) is 0 Å². The van der Waals surface area contributed by atoms with Crippen LogP contribution in [0.1, 0.15) is 42.2 Å². The summed E-state index contributed by atoms with van der Waals surface area (Å²) in [5.41, 5.74) is 1.94. The lowest BCUT2D eigenvalue weighted by Gasteiger charge is -2.07. The summed E-state index contributed by atoms with van der Waals surface area (Å²) in [5.74, 6) is 0.495. The van der Waals surface area contributed by atoms with Crippen LogP contribution in [-0.2, 0) is 23.8 Å². The van der Waals surface area contributed by atoms with Crippen LogP contribution >= 0.6 is 11.8 Å². The van der Waals surface area contributed by atoms with E-state index in [4.69, 9.17) is 4.42 Å². The lowest BCUT2D eigenvalue weighted by atomic mass is 10.0. The Labute approximate surface area is 205 Å². The molecule has 0 saturated carbocycles. The minimum absolute atomic E-state index is 0.121. The summed E-state index contributed by atoms with van der Waals surface area (Å²) >= 11 is 1.31. The lowest BCUT2D eigenvalue weighted by molar-refractivity contribution is -0.137. The number of carbonyl (C=O) groups is 1. The molecular weight excluding hydrogens is 475 g/mol. The molecule has 0 spiro atoms. The Morgan fingerprint density at radius 2 is 1.86 bits per heavy atom. The van der Waals surface area contributed by atoms with Gasteiger partial charge in [-0.2, -0.15) is 18.3 Å². The maximum Gasteiger partial charge on any atom is 0.416 e. The number of aryl methyl sites for hydroxylation is 1. The quantitative estimate of drug-likeness (QED) is 0.285. The van der Waals surface area contributed by atoms with Crippen molar-refractivity contribution in [3.8, 4) is 11.3 Å². The number of carbonyl (C=O) groups excluding carboxylic acids is 1. The number of benzene rings is 2. The molecule has 1 aliphatic heterocycles. The third kappa shape index (κ3) is 6.63. The first-order chi connectivity index (χ1) is 16.8. The number of thioether (sulfide) groups is 1. The Bertz CT molecular complexity index is 1230. The van der Waals surface area contributed by atoms with E-state index in [9.17, 15) is 18.0 Å². The molecule has 3 aromatic rings. The summed E-state index contributed by atoms with van der Waals surface area (Å²) in [5, 5.41) is 10.8. The van der Waals surface area contributed by atoms with Crippen LogP contribution in [0.5, 0.6) is 0 Å². The highest BCUT2D eigenvalue weighted by atomic mass is 32.2. The Morgan fingerprint density at radius 1 is 1.09 bits per heavy atom. The fourth-order valence-corrected chi connectivity index (χ4v) is 4.55. The van der Waals surface area contributed by atoms with Gasteiger partial charge in [-0.25, -0.2) is 0 Å². The Hall–Kier alpha value is -3.33. The van der Waals surface area contributed by atoms with Gasteiger partial charge in [-0.15, -0.1) is 5.10 Å². The Kier molecular flexibility index (Phi) is 7.75. The average Bonchev–Trinajstić information content (AvgIpc) is 3.45. The molecule has 1 aromatic heterocycles. The molecule has 1 amide bonds. The molecule has 2 heterocycles. The molecule has 9 heteroatoms. The van der Waals surface area contributed by atoms with Gasteiger partial charge >= 0.3 is 6.18 Å². The first-order valence-corrected chi connectivity index (χ1v) is 12.1. The first kappa shape index (κ1) is 24.8. The van der Waals surface area contributed by atoms with Crippen molar-refractivity contribution in [3.05, 3.63) is 83.1 Å². The minimum atomic E-state index is -4.43. The van der Waals surface area contributed by atoms with Crippen LogP contribution in [0.3, 0.4) is 0 Å². The largest absolute Gasteiger partial charge is 0.455 e. The number of nitrogens with one attached hydrogen (secondary N) is 1. The van der Waals surface area contributed by atoms with Gasteiger partial charge in [-0.1, -0.05) is 61.5 Å². The van der Waals surface area contributed by atoms with Crippen molar-refractivity contribution in [1.29, 1.82) is 0 Å². The number of unbranched alkanes of at least 4 members (excludes halogenated alkanes) is 1. The van der Waals surface area contributed by atoms with Crippen LogP contribution in [0.25, 0.3) is 11.3 Å². The molecule has 1 aliphatic rings. The van der Waals surface area contributed by atoms with E-state index in [0.29, 0.717) is 22.9 Å². The zero-order valence-corrected chi connectivity index (χ0v) is 19.8. The van der Waals surface area contributed by atoms with Crippen molar-refractivity contribution < 1.29 is 22.4 Å². The van der Waals surface area contributed by atoms with E-state index in [-0.39, 0.29) is 16.9 Å². The van der Waals surface area contributed by atoms with Crippen LogP contribution in [0.15, 0.2) is 75.3 Å². The standard InChI is InChI=1S/C26H24F3N3O2S/c1-2-3-5-17-8-10-18(11-9-17)14-23-24(33)31-25(35-23)32-30-16-21-12-13-22(34-21)19-6-4-7-20(15-19)26(27,28)29/h4,6-13,15-16,23H,2-3,5,14H2,1H3,(H,31,32,33)/b30-16+. The SMILES string of the molecule is CCCCc1ccc(CC2S/C(=N/N=C/c3ccc(-c4cccc(C(F)(F)F)c4)o3)NC2=O)cc1. The van der Waals surface area contributed by atoms with E-state index in [1.165, 1.54) is 29.6 Å². The third-order valence-corrected chi connectivity index (χ3v) is 6.55. The minimum Gasteiger partial charge on any atom is -0.455 e. The number of rotatable bonds is 8. The van der Waals surface area contributed by atoms with Gasteiger partial charge < -0.3 is 9.73 Å². The topological polar surface area (TPSA) is 67.0 Å². The first-order valence-electron chi connectivity index (χ1n) is 11.3. The number of halogens is 3. The van der Waals surface area contributed by atoms with Gasteiger partial charge in [0, 0.05) is 5.56 Å². The normalized spacial score (nSPS) is 17.4. The Morgan fingerprint density at radius 3 is 2.60 bits per heavy atom. The second-order valence-corrected chi connectivity index (χ2v) is 9.34. The predicted molar refractivity (Wildman–Crippen MR) is 132 cm³/mol. The van der Waals surface area contributed by atoms with Crippen molar-refractivity contribution in [1.82, 2.24) is 5.32 Å². The fourth-order valence-electron chi connectivity index (χ4n) is 3.59. The highest BCUT2D eigenvalue weighted by Gasteiger charge is 2.31. The number of furan rings is 1. The predicted octanol–water partition coefficient (Wildman–Crippen LogP) is 6.47. The second kappa shape index (κ2) is 10.9. The molecule has 2 aromatic carbocycles. The molecule has 1 N–H and O–H groups in total. The summed E-state index contributed by atoms with van der Waals surface area (Å²) in [6.45, 7) is 2.17. The van der Waals surface area contributed by atoms with E-state index in [1.54, 1.807) is 18.2 Å². The second-order valence-electron chi connectivity index (χ2n) is 8.15. The van der Waals surface area contributed by atoms with E-state index in [1.807, 2.05) is 0 Å². The monoisotopic (exact) mass is 499 g/mol. The molecule has 182 valence electrons. The zero-order chi connectivity index (χ0) is 24.8. The van der Waals surface area contributed by atoms with Crippen molar-refractivity contribution in [2.24, 2.45) is 10.2 Å². The molecule has 0 aliphatic carbocycles. The van der Waals surface area contributed by atoms with Crippen molar-refractivity contribution in [3.63, 3.8) is 0 Å². The summed E-state index contributed by atoms with van der Waals surface area (Å²) in [7, 11) is 0. The summed E-state index contributed by atoms with van der Waals surface area (Å²) < 4.78 is 44.4. The maximum atomic E-state index is 12.9. The van der Waals surface area contributed by atoms with Gasteiger partial charge in [0.1, 0.15) is 11.5 Å². The molecule has 1 atom stereocenters. The van der Waals surface area contributed by atoms with Crippen LogP contribution in [0.4, 0.5) is 13.2 Å². The van der Waals surface area contributed by atoms with Gasteiger partial charge in [0.15, 0.2) is 5.17 Å². The van der Waals surface area contributed by atoms with Crippen molar-refractivity contribution in [2.75, 3.05) is 0 Å². The highest BCUT2D eigenvalue weighted by Crippen LogP contribution is 2.32. The molecule has 1 saturated heterocycles. The molecule has 4 rings (SSSR count). The zero-order valence-electron chi connectivity index (χ0n) is 19.0. The van der Waals surface area contributed by atoms with Gasteiger partial charge in [-0.3, -0.25) is 4.79 Å². The number of alkyl halides is 3. The number of hydrogen-bond donors (Lipinski definition) is 1. The lowest BCUT2D eigenvalue weighted by Crippen LogP contribution is -2.25. The van der Waals surface area contributed by atoms with E-state index in [2.05, 4.69) is 46.7 Å². The Balaban J connectivity index is 1.35. The van der Waals surface area contributed by atoms with Crippen LogP contribution in [-0.4, -0.2) is 22.5 Å². The molecule has 5 nitrogen and oxygen atoms in total. The van der Waals surface area contributed by atoms with Crippen LogP contribution in [0.2, 0.25) is 0 Å². The molecule has 0 radical (unpaired) electrons. The molecule has 35 heavy (non-hydrogen) atoms. The highest BCUT2D eigenvalue weighted by molar-refractivity contribution is 8.15. The van der Waals surface area contributed by atoms with Crippen LogP contribution < -0.4 is 5.32 Å². The summed E-state index contributed by atoms with van der Waals surface area (Å²) in [6, 6.07) is 16.4. The fraction of sp³-hybridized carbons (Fsp3) is 0.269. The average molecular weight is 500 g/mol. The molecular formula is C26H24F3N3O2S. The molecule has 0 bridgehead atoms. The number of amides is 1. The summed E-state index contributed by atoms with van der Waals surface area (Å²) in [4.78, 5) is 12.3. The van der Waals surface area contributed by atoms with E-state index < -0.39 is 11.7 Å². The van der Waals surface area contributed by atoms with Crippen molar-refractivity contribution >= 4 is 29.1 Å². The van der Waals surface area contributed by atoms with Crippen LogP contribution in [0, 0.1) is 0 Å². The van der Waals surface area contributed by atoms with Gasteiger partial charge in [-0.05, 0) is 54.7 Å². The summed E-state index contributed by atoms with van der Waals surface area (Å²) in [6.07, 6.45) is 0.877. The smallest absolute Gasteiger partial charge is 0.416 e. The maximum absolute atomic E-state index is 12.9. The third-order valence-electron chi connectivity index (χ3n) is 5.47. The number of hydrogen-bond acceptors (Lipinski definition) is 5. The van der Waals surface area contributed by atoms with E-state index >= 15 is 0 Å². The van der Waals surface area contributed by atoms with E-state index in [0.717, 1.165) is 37.0 Å². The molecule has 1 fully saturated rings. The van der Waals surface area contributed by atoms with Gasteiger partial charge in [0.05, 0.1) is 17.0 Å². The number of amidine groups is 1. The van der Waals surface area contributed by atoms with Crippen molar-refractivity contribution in [2.45, 2.75) is 44.0 Å². The van der Waals surface area contributed by atoms with Gasteiger partial charge in [0.2, 0.25) is 5.91 Å². The molecule has 1 unspecified atom stereocenters.